The predicted molar refractivity (Wildman–Crippen MR) is 111 cm³/mol. The van der Waals surface area contributed by atoms with Gasteiger partial charge in [-0.15, -0.1) is 0 Å². The Labute approximate surface area is 179 Å². The van der Waals surface area contributed by atoms with Crippen molar-refractivity contribution in [1.82, 2.24) is 9.72 Å². The quantitative estimate of drug-likeness (QED) is 0.572. The SMILES string of the molecule is Cc1noc(C(C)C)c1C(=O)OCC(=O)Nc1c(C#N)c(C)c(C)n1Cc1ccco1. The number of nitriles is 1. The molecule has 1 N–H and O–H groups in total. The van der Waals surface area contributed by atoms with Gasteiger partial charge in [-0.25, -0.2) is 4.79 Å². The highest BCUT2D eigenvalue weighted by Crippen LogP contribution is 2.27. The molecule has 9 nitrogen and oxygen atoms in total. The zero-order chi connectivity index (χ0) is 22.7. The first kappa shape index (κ1) is 21.9. The van der Waals surface area contributed by atoms with Crippen LogP contribution in [0.25, 0.3) is 0 Å². The lowest BCUT2D eigenvalue weighted by Gasteiger charge is -2.12. The van der Waals surface area contributed by atoms with E-state index in [4.69, 9.17) is 13.7 Å². The molecule has 31 heavy (non-hydrogen) atoms. The molecule has 0 saturated carbocycles. The maximum absolute atomic E-state index is 12.6. The van der Waals surface area contributed by atoms with Crippen LogP contribution < -0.4 is 5.32 Å². The highest BCUT2D eigenvalue weighted by atomic mass is 16.5. The van der Waals surface area contributed by atoms with Gasteiger partial charge in [0, 0.05) is 11.6 Å². The molecule has 0 radical (unpaired) electrons. The molecule has 0 atom stereocenters. The molecule has 3 rings (SSSR count). The van der Waals surface area contributed by atoms with Crippen molar-refractivity contribution < 1.29 is 23.3 Å². The van der Waals surface area contributed by atoms with Crippen LogP contribution >= 0.6 is 0 Å². The van der Waals surface area contributed by atoms with E-state index in [1.54, 1.807) is 23.8 Å². The molecule has 162 valence electrons. The number of carbonyl (C=O) groups excluding carboxylic acids is 2. The van der Waals surface area contributed by atoms with Crippen LogP contribution in [0.4, 0.5) is 5.82 Å². The van der Waals surface area contributed by atoms with Crippen molar-refractivity contribution in [2.24, 2.45) is 0 Å². The fourth-order valence-electron chi connectivity index (χ4n) is 3.29. The van der Waals surface area contributed by atoms with E-state index in [1.165, 1.54) is 0 Å². The summed E-state index contributed by atoms with van der Waals surface area (Å²) in [6, 6.07) is 5.70. The number of nitrogens with zero attached hydrogens (tertiary/aromatic N) is 3. The number of amides is 1. The van der Waals surface area contributed by atoms with Crippen LogP contribution in [-0.2, 0) is 16.1 Å². The van der Waals surface area contributed by atoms with Gasteiger partial charge in [0.1, 0.15) is 23.2 Å². The minimum atomic E-state index is -0.684. The van der Waals surface area contributed by atoms with Crippen LogP contribution in [0.2, 0.25) is 0 Å². The average Bonchev–Trinajstić information content (AvgIpc) is 3.43. The number of ether oxygens (including phenoxy) is 1. The number of rotatable bonds is 7. The second kappa shape index (κ2) is 8.92. The maximum Gasteiger partial charge on any atom is 0.344 e. The topological polar surface area (TPSA) is 123 Å². The minimum absolute atomic E-state index is 0.0633. The normalized spacial score (nSPS) is 10.9. The van der Waals surface area contributed by atoms with Crippen molar-refractivity contribution in [3.8, 4) is 6.07 Å². The molecule has 0 aromatic carbocycles. The fraction of sp³-hybridized carbons (Fsp3) is 0.364. The van der Waals surface area contributed by atoms with Crippen LogP contribution in [0.15, 0.2) is 27.3 Å². The zero-order valence-electron chi connectivity index (χ0n) is 18.1. The molecule has 0 bridgehead atoms. The number of esters is 1. The predicted octanol–water partition coefficient (Wildman–Crippen LogP) is 3.83. The van der Waals surface area contributed by atoms with Crippen LogP contribution in [-0.4, -0.2) is 28.2 Å². The van der Waals surface area contributed by atoms with Crippen LogP contribution in [0.5, 0.6) is 0 Å². The Morgan fingerprint density at radius 3 is 2.68 bits per heavy atom. The molecule has 3 aromatic heterocycles. The summed E-state index contributed by atoms with van der Waals surface area (Å²) in [6.45, 7) is 8.86. The molecule has 9 heteroatoms. The van der Waals surface area contributed by atoms with Gasteiger partial charge in [0.15, 0.2) is 12.4 Å². The molecule has 0 saturated heterocycles. The van der Waals surface area contributed by atoms with Gasteiger partial charge in [-0.1, -0.05) is 19.0 Å². The summed E-state index contributed by atoms with van der Waals surface area (Å²) in [4.78, 5) is 25.1. The summed E-state index contributed by atoms with van der Waals surface area (Å²) in [6.07, 6.45) is 1.56. The summed E-state index contributed by atoms with van der Waals surface area (Å²) in [5, 5.41) is 16.1. The number of hydrogen-bond acceptors (Lipinski definition) is 7. The van der Waals surface area contributed by atoms with Crippen molar-refractivity contribution in [3.63, 3.8) is 0 Å². The molecule has 0 spiro atoms. The Morgan fingerprint density at radius 1 is 1.32 bits per heavy atom. The highest BCUT2D eigenvalue weighted by Gasteiger charge is 2.25. The van der Waals surface area contributed by atoms with Gasteiger partial charge in [-0.2, -0.15) is 5.26 Å². The van der Waals surface area contributed by atoms with Crippen molar-refractivity contribution in [1.29, 1.82) is 5.26 Å². The van der Waals surface area contributed by atoms with Crippen LogP contribution in [0.1, 0.15) is 64.2 Å². The third-order valence-electron chi connectivity index (χ3n) is 5.04. The third-order valence-corrected chi connectivity index (χ3v) is 5.04. The van der Waals surface area contributed by atoms with Gasteiger partial charge in [0.2, 0.25) is 0 Å². The maximum atomic E-state index is 12.6. The lowest BCUT2D eigenvalue weighted by molar-refractivity contribution is -0.119. The van der Waals surface area contributed by atoms with Gasteiger partial charge in [-0.3, -0.25) is 4.79 Å². The van der Waals surface area contributed by atoms with E-state index in [2.05, 4.69) is 16.5 Å². The summed E-state index contributed by atoms with van der Waals surface area (Å²) in [5.74, 6) is 0.104. The Kier molecular flexibility index (Phi) is 6.30. The van der Waals surface area contributed by atoms with E-state index in [-0.39, 0.29) is 11.5 Å². The summed E-state index contributed by atoms with van der Waals surface area (Å²) in [7, 11) is 0. The monoisotopic (exact) mass is 424 g/mol. The highest BCUT2D eigenvalue weighted by molar-refractivity contribution is 5.97. The smallest absolute Gasteiger partial charge is 0.344 e. The molecule has 0 aliphatic carbocycles. The standard InChI is InChI=1S/C22H24N4O5/c1-12(2)20-19(14(4)25-31-20)22(28)30-11-18(27)24-21-17(9-23)13(3)15(5)26(21)10-16-7-6-8-29-16/h6-8,12H,10-11H2,1-5H3,(H,24,27). The Hall–Kier alpha value is -3.80. The van der Waals surface area contributed by atoms with Crippen LogP contribution in [0, 0.1) is 32.1 Å². The summed E-state index contributed by atoms with van der Waals surface area (Å²) < 4.78 is 17.6. The number of furan rings is 1. The molecule has 0 aliphatic rings. The van der Waals surface area contributed by atoms with E-state index >= 15 is 0 Å². The summed E-state index contributed by atoms with van der Waals surface area (Å²) in [5.41, 5.74) is 2.55. The zero-order valence-corrected chi connectivity index (χ0v) is 18.1. The second-order valence-electron chi connectivity index (χ2n) is 7.50. The molecule has 3 heterocycles. The average molecular weight is 424 g/mol. The number of anilines is 1. The number of aromatic nitrogens is 2. The molecule has 0 unspecified atom stereocenters. The van der Waals surface area contributed by atoms with Crippen molar-refractivity contribution in [2.75, 3.05) is 11.9 Å². The lowest BCUT2D eigenvalue weighted by Crippen LogP contribution is -2.23. The molecule has 1 amide bonds. The Bertz CT molecular complexity index is 1150. The first-order valence-corrected chi connectivity index (χ1v) is 9.79. The molecule has 0 aliphatic heterocycles. The Balaban J connectivity index is 1.76. The number of nitrogens with one attached hydrogen (secondary N) is 1. The number of aryl methyl sites for hydroxylation is 1. The largest absolute Gasteiger partial charge is 0.467 e. The molecular weight excluding hydrogens is 400 g/mol. The summed E-state index contributed by atoms with van der Waals surface area (Å²) >= 11 is 0. The van der Waals surface area contributed by atoms with Gasteiger partial charge in [0.05, 0.1) is 24.1 Å². The third kappa shape index (κ3) is 4.38. The molecule has 0 fully saturated rings. The minimum Gasteiger partial charge on any atom is -0.467 e. The second-order valence-corrected chi connectivity index (χ2v) is 7.50. The first-order valence-electron chi connectivity index (χ1n) is 9.79. The van der Waals surface area contributed by atoms with Gasteiger partial charge >= 0.3 is 5.97 Å². The van der Waals surface area contributed by atoms with E-state index < -0.39 is 18.5 Å². The number of hydrogen-bond donors (Lipinski definition) is 1. The van der Waals surface area contributed by atoms with Crippen LogP contribution in [0.3, 0.4) is 0 Å². The van der Waals surface area contributed by atoms with Gasteiger partial charge in [-0.05, 0) is 38.5 Å². The van der Waals surface area contributed by atoms with E-state index in [9.17, 15) is 14.9 Å². The number of carbonyl (C=O) groups is 2. The fourth-order valence-corrected chi connectivity index (χ4v) is 3.29. The molecular formula is C22H24N4O5. The molecule has 3 aromatic rings. The van der Waals surface area contributed by atoms with Crippen molar-refractivity contribution >= 4 is 17.7 Å². The lowest BCUT2D eigenvalue weighted by atomic mass is 10.1. The van der Waals surface area contributed by atoms with Gasteiger partial charge in [0.25, 0.3) is 5.91 Å². The Morgan fingerprint density at radius 2 is 2.06 bits per heavy atom. The van der Waals surface area contributed by atoms with Crippen molar-refractivity contribution in [3.05, 3.63) is 58.0 Å². The van der Waals surface area contributed by atoms with Gasteiger partial charge < -0.3 is 23.6 Å². The van der Waals surface area contributed by atoms with E-state index in [1.807, 2.05) is 33.8 Å². The van der Waals surface area contributed by atoms with E-state index in [0.29, 0.717) is 35.1 Å². The van der Waals surface area contributed by atoms with Crippen molar-refractivity contribution in [2.45, 2.75) is 47.1 Å². The van der Waals surface area contributed by atoms with E-state index in [0.717, 1.165) is 11.3 Å². The first-order chi connectivity index (χ1) is 14.7.